The number of hydrogen-bond donors (Lipinski definition) is 0. The third kappa shape index (κ3) is 8.06. The van der Waals surface area contributed by atoms with Gasteiger partial charge in [0, 0.05) is 16.7 Å². The first-order valence-corrected chi connectivity index (χ1v) is 21.4. The van der Waals surface area contributed by atoms with Crippen molar-refractivity contribution < 1.29 is 0 Å². The van der Waals surface area contributed by atoms with Crippen molar-refractivity contribution in [2.24, 2.45) is 4.99 Å². The number of aromatic nitrogens is 1. The quantitative estimate of drug-likeness (QED) is 0.0998. The first-order chi connectivity index (χ1) is 31.1. The fourth-order valence-electron chi connectivity index (χ4n) is 8.65. The number of nitrogens with zero attached hydrogens (tertiary/aromatic N) is 2. The Hall–Kier alpha value is -8.20. The van der Waals surface area contributed by atoms with Gasteiger partial charge in [-0.3, -0.25) is 0 Å². The second kappa shape index (κ2) is 17.4. The van der Waals surface area contributed by atoms with Crippen molar-refractivity contribution in [1.29, 1.82) is 0 Å². The van der Waals surface area contributed by atoms with Gasteiger partial charge in [-0.25, -0.2) is 9.98 Å². The maximum atomic E-state index is 5.32. The van der Waals surface area contributed by atoms with Crippen molar-refractivity contribution in [2.45, 2.75) is 6.92 Å². The van der Waals surface area contributed by atoms with Gasteiger partial charge in [0.1, 0.15) is 0 Å². The minimum atomic E-state index is 0.710. The van der Waals surface area contributed by atoms with Gasteiger partial charge < -0.3 is 0 Å². The molecule has 10 aromatic rings. The molecule has 1 heterocycles. The fraction of sp³-hybridized carbons (Fsp3) is 0.0164. The molecule has 298 valence electrons. The smallest absolute Gasteiger partial charge is 0.0715 e. The molecule has 2 nitrogen and oxygen atoms in total. The van der Waals surface area contributed by atoms with Gasteiger partial charge >= 0.3 is 0 Å². The summed E-state index contributed by atoms with van der Waals surface area (Å²) < 4.78 is 0. The normalized spacial score (nSPS) is 11.8. The van der Waals surface area contributed by atoms with Crippen molar-refractivity contribution in [3.05, 3.63) is 260 Å². The predicted molar refractivity (Wildman–Crippen MR) is 269 cm³/mol. The van der Waals surface area contributed by atoms with Crippen LogP contribution < -0.4 is 0 Å². The molecule has 0 saturated carbocycles. The highest BCUT2D eigenvalue weighted by Gasteiger charge is 2.20. The highest BCUT2D eigenvalue weighted by Crippen LogP contribution is 2.45. The Labute approximate surface area is 369 Å². The SMILES string of the molecule is C=C(N=C(/C=C(\C)c1ccccc1)c1cccc(-c2c(-c3cccc(-c4cc(-c5ccccc5)cc(-c5ccccc5)n4)c3)c3ccccc3c3ccccc23)c1)c1ccccc1. The molecule has 0 amide bonds. The predicted octanol–water partition coefficient (Wildman–Crippen LogP) is 16.3. The summed E-state index contributed by atoms with van der Waals surface area (Å²) in [7, 11) is 0. The van der Waals surface area contributed by atoms with E-state index in [0.29, 0.717) is 5.70 Å². The molecule has 0 atom stereocenters. The van der Waals surface area contributed by atoms with Gasteiger partial charge in [-0.15, -0.1) is 0 Å². The lowest BCUT2D eigenvalue weighted by Crippen LogP contribution is -2.00. The second-order valence-corrected chi connectivity index (χ2v) is 15.9. The van der Waals surface area contributed by atoms with Gasteiger partial charge in [-0.1, -0.05) is 213 Å². The van der Waals surface area contributed by atoms with Crippen LogP contribution in [0.15, 0.2) is 248 Å². The van der Waals surface area contributed by atoms with Crippen LogP contribution in [0.4, 0.5) is 0 Å². The average Bonchev–Trinajstić information content (AvgIpc) is 3.36. The molecule has 0 fully saturated rings. The summed E-state index contributed by atoms with van der Waals surface area (Å²) in [6.45, 7) is 6.58. The summed E-state index contributed by atoms with van der Waals surface area (Å²) in [4.78, 5) is 10.6. The average molecular weight is 805 g/mol. The van der Waals surface area contributed by atoms with Crippen molar-refractivity contribution in [1.82, 2.24) is 4.98 Å². The number of hydrogen-bond acceptors (Lipinski definition) is 2. The number of pyridine rings is 1. The number of rotatable bonds is 10. The minimum Gasteiger partial charge on any atom is -0.248 e. The molecule has 0 bridgehead atoms. The summed E-state index contributed by atoms with van der Waals surface area (Å²) in [5.74, 6) is 0. The molecule has 0 unspecified atom stereocenters. The second-order valence-electron chi connectivity index (χ2n) is 15.9. The lowest BCUT2D eigenvalue weighted by atomic mass is 9.84. The van der Waals surface area contributed by atoms with E-state index in [1.165, 1.54) is 32.7 Å². The van der Waals surface area contributed by atoms with E-state index >= 15 is 0 Å². The molecular weight excluding hydrogens is 761 g/mol. The van der Waals surface area contributed by atoms with E-state index in [2.05, 4.69) is 220 Å². The van der Waals surface area contributed by atoms with E-state index in [0.717, 1.165) is 72.7 Å². The zero-order valence-corrected chi connectivity index (χ0v) is 35.1. The van der Waals surface area contributed by atoms with E-state index in [1.807, 2.05) is 30.3 Å². The number of fused-ring (bicyclic) bond motifs is 3. The monoisotopic (exact) mass is 804 g/mol. The fourth-order valence-corrected chi connectivity index (χ4v) is 8.65. The lowest BCUT2D eigenvalue weighted by molar-refractivity contribution is 1.32. The van der Waals surface area contributed by atoms with E-state index in [1.54, 1.807) is 0 Å². The Morgan fingerprint density at radius 2 is 0.810 bits per heavy atom. The van der Waals surface area contributed by atoms with Crippen LogP contribution in [0.25, 0.3) is 88.7 Å². The van der Waals surface area contributed by atoms with E-state index < -0.39 is 0 Å². The number of aliphatic imine (C=N–C) groups is 1. The molecule has 2 heteroatoms. The molecule has 0 radical (unpaired) electrons. The largest absolute Gasteiger partial charge is 0.248 e. The van der Waals surface area contributed by atoms with Crippen LogP contribution in [0.1, 0.15) is 23.6 Å². The Kier molecular flexibility index (Phi) is 10.8. The third-order valence-electron chi connectivity index (χ3n) is 11.8. The zero-order chi connectivity index (χ0) is 42.5. The molecule has 1 aromatic heterocycles. The zero-order valence-electron chi connectivity index (χ0n) is 35.1. The van der Waals surface area contributed by atoms with Crippen molar-refractivity contribution in [2.75, 3.05) is 0 Å². The first-order valence-electron chi connectivity index (χ1n) is 21.4. The van der Waals surface area contributed by atoms with Crippen LogP contribution in [-0.2, 0) is 0 Å². The van der Waals surface area contributed by atoms with Gasteiger partial charge in [-0.2, -0.15) is 0 Å². The number of benzene rings is 9. The first kappa shape index (κ1) is 39.0. The van der Waals surface area contributed by atoms with Crippen LogP contribution >= 0.6 is 0 Å². The molecule has 0 aliphatic rings. The van der Waals surface area contributed by atoms with Crippen molar-refractivity contribution in [3.8, 4) is 55.9 Å². The number of allylic oxidation sites excluding steroid dienone is 2. The molecule has 0 N–H and O–H groups in total. The molecule has 63 heavy (non-hydrogen) atoms. The Morgan fingerprint density at radius 3 is 1.41 bits per heavy atom. The molecular formula is C61H44N2. The molecule has 0 saturated heterocycles. The molecule has 10 rings (SSSR count). The highest BCUT2D eigenvalue weighted by molar-refractivity contribution is 6.22. The van der Waals surface area contributed by atoms with Crippen LogP contribution in [0.5, 0.6) is 0 Å². The van der Waals surface area contributed by atoms with Gasteiger partial charge in [0.2, 0.25) is 0 Å². The summed E-state index contributed by atoms with van der Waals surface area (Å²) >= 11 is 0. The van der Waals surface area contributed by atoms with Crippen LogP contribution in [-0.4, -0.2) is 10.7 Å². The van der Waals surface area contributed by atoms with Crippen molar-refractivity contribution in [3.63, 3.8) is 0 Å². The van der Waals surface area contributed by atoms with Crippen LogP contribution in [0.3, 0.4) is 0 Å². The van der Waals surface area contributed by atoms with Crippen molar-refractivity contribution >= 4 is 38.5 Å². The maximum absolute atomic E-state index is 5.32. The summed E-state index contributed by atoms with van der Waals surface area (Å²) in [5, 5.41) is 4.81. The van der Waals surface area contributed by atoms with E-state index in [-0.39, 0.29) is 0 Å². The summed E-state index contributed by atoms with van der Waals surface area (Å²) in [6.07, 6.45) is 2.19. The Balaban J connectivity index is 1.18. The molecule has 9 aromatic carbocycles. The summed E-state index contributed by atoms with van der Waals surface area (Å²) in [6, 6.07) is 81.5. The van der Waals surface area contributed by atoms with Gasteiger partial charge in [-0.05, 0) is 109 Å². The van der Waals surface area contributed by atoms with Crippen LogP contribution in [0.2, 0.25) is 0 Å². The molecule has 0 spiro atoms. The third-order valence-corrected chi connectivity index (χ3v) is 11.8. The van der Waals surface area contributed by atoms with E-state index in [9.17, 15) is 0 Å². The topological polar surface area (TPSA) is 25.2 Å². The van der Waals surface area contributed by atoms with E-state index in [4.69, 9.17) is 9.98 Å². The summed E-state index contributed by atoms with van der Waals surface area (Å²) in [5.41, 5.74) is 16.7. The standard InChI is InChI=1S/C61H44N2/c1-42(44-21-7-3-8-22-44)37-57(62-43(2)45-23-9-4-10-24-45)48-29-19-31-50(38-48)60-55-35-17-15-33-53(55)54-34-16-18-36-56(54)61(60)51-32-20-30-49(39-51)59-41-52(46-25-11-5-12-26-46)40-58(63-59)47-27-13-6-14-28-47/h3-41H,2H2,1H3/b42-37+,62-57?. The minimum absolute atomic E-state index is 0.710. The van der Waals surface area contributed by atoms with Gasteiger partial charge in [0.15, 0.2) is 0 Å². The molecule has 0 aliphatic carbocycles. The van der Waals surface area contributed by atoms with Gasteiger partial charge in [0.05, 0.1) is 22.8 Å². The lowest BCUT2D eigenvalue weighted by Gasteiger charge is -2.20. The Bertz CT molecular complexity index is 3270. The Morgan fingerprint density at radius 1 is 0.381 bits per heavy atom. The van der Waals surface area contributed by atoms with Gasteiger partial charge in [0.25, 0.3) is 0 Å². The maximum Gasteiger partial charge on any atom is 0.0715 e. The highest BCUT2D eigenvalue weighted by atomic mass is 14.8. The molecule has 0 aliphatic heterocycles. The van der Waals surface area contributed by atoms with Crippen LogP contribution in [0, 0.1) is 0 Å².